The summed E-state index contributed by atoms with van der Waals surface area (Å²) in [7, 11) is 3.65. The summed E-state index contributed by atoms with van der Waals surface area (Å²) in [6, 6.07) is 5.66. The van der Waals surface area contributed by atoms with Crippen molar-refractivity contribution in [3.8, 4) is 11.5 Å². The molecule has 1 heterocycles. The topological polar surface area (TPSA) is 44.7 Å². The van der Waals surface area contributed by atoms with Crippen LogP contribution in [-0.2, 0) is 0 Å². The van der Waals surface area contributed by atoms with Crippen molar-refractivity contribution >= 4 is 0 Å². The van der Waals surface area contributed by atoms with Gasteiger partial charge in [-0.1, -0.05) is 0 Å². The van der Waals surface area contributed by atoms with Gasteiger partial charge in [0.05, 0.1) is 7.11 Å². The number of methoxy groups -OCH3 is 1. The number of ether oxygens (including phenoxy) is 1. The summed E-state index contributed by atoms with van der Waals surface area (Å²) in [5.41, 5.74) is 0.949. The molecule has 1 aliphatic heterocycles. The minimum Gasteiger partial charge on any atom is -0.508 e. The SMILES string of the molecule is CNCC1CCN(C(C)c2cc(OC)ccc2O)C1. The van der Waals surface area contributed by atoms with Gasteiger partial charge in [0.25, 0.3) is 0 Å². The molecule has 0 saturated carbocycles. The van der Waals surface area contributed by atoms with Gasteiger partial charge < -0.3 is 15.2 Å². The molecule has 2 N–H and O–H groups in total. The smallest absolute Gasteiger partial charge is 0.120 e. The van der Waals surface area contributed by atoms with Crippen LogP contribution in [0.1, 0.15) is 24.9 Å². The minimum atomic E-state index is 0.219. The van der Waals surface area contributed by atoms with Crippen molar-refractivity contribution in [2.75, 3.05) is 33.8 Å². The van der Waals surface area contributed by atoms with Gasteiger partial charge in [-0.3, -0.25) is 4.90 Å². The number of phenolic OH excluding ortho intramolecular Hbond substituents is 1. The van der Waals surface area contributed by atoms with Crippen LogP contribution in [0.25, 0.3) is 0 Å². The zero-order chi connectivity index (χ0) is 13.8. The van der Waals surface area contributed by atoms with Gasteiger partial charge in [0.15, 0.2) is 0 Å². The van der Waals surface area contributed by atoms with Crippen LogP contribution in [0, 0.1) is 5.92 Å². The van der Waals surface area contributed by atoms with Gasteiger partial charge in [0, 0.05) is 18.2 Å². The Morgan fingerprint density at radius 3 is 3.00 bits per heavy atom. The fourth-order valence-electron chi connectivity index (χ4n) is 2.86. The Morgan fingerprint density at radius 1 is 1.53 bits per heavy atom. The molecule has 1 fully saturated rings. The molecule has 0 bridgehead atoms. The van der Waals surface area contributed by atoms with E-state index in [9.17, 15) is 5.11 Å². The van der Waals surface area contributed by atoms with Crippen LogP contribution in [0.4, 0.5) is 0 Å². The van der Waals surface area contributed by atoms with E-state index in [1.54, 1.807) is 19.2 Å². The first kappa shape index (κ1) is 14.2. The Balaban J connectivity index is 2.09. The Kier molecular flexibility index (Phi) is 4.66. The van der Waals surface area contributed by atoms with Crippen LogP contribution >= 0.6 is 0 Å². The van der Waals surface area contributed by atoms with Gasteiger partial charge in [0.1, 0.15) is 11.5 Å². The number of hydrogen-bond donors (Lipinski definition) is 2. The van der Waals surface area contributed by atoms with Gasteiger partial charge in [-0.05, 0) is 57.6 Å². The zero-order valence-electron chi connectivity index (χ0n) is 12.0. The summed E-state index contributed by atoms with van der Waals surface area (Å²) < 4.78 is 5.24. The van der Waals surface area contributed by atoms with Crippen molar-refractivity contribution < 1.29 is 9.84 Å². The van der Waals surface area contributed by atoms with Gasteiger partial charge in [-0.25, -0.2) is 0 Å². The molecule has 0 spiro atoms. The average molecular weight is 264 g/mol. The van der Waals surface area contributed by atoms with E-state index in [1.807, 2.05) is 13.1 Å². The van der Waals surface area contributed by atoms with Crippen molar-refractivity contribution in [1.29, 1.82) is 0 Å². The quantitative estimate of drug-likeness (QED) is 0.854. The van der Waals surface area contributed by atoms with Crippen molar-refractivity contribution in [3.63, 3.8) is 0 Å². The lowest BCUT2D eigenvalue weighted by molar-refractivity contribution is 0.246. The van der Waals surface area contributed by atoms with Crippen LogP contribution in [0.15, 0.2) is 18.2 Å². The highest BCUT2D eigenvalue weighted by molar-refractivity contribution is 5.41. The Labute approximate surface area is 115 Å². The maximum absolute atomic E-state index is 10.0. The average Bonchev–Trinajstić information content (AvgIpc) is 2.88. The second-order valence-electron chi connectivity index (χ2n) is 5.31. The molecule has 1 aromatic carbocycles. The molecular weight excluding hydrogens is 240 g/mol. The Morgan fingerprint density at radius 2 is 2.32 bits per heavy atom. The highest BCUT2D eigenvalue weighted by Crippen LogP contribution is 2.34. The third-order valence-corrected chi connectivity index (χ3v) is 4.04. The molecule has 2 unspecified atom stereocenters. The predicted molar refractivity (Wildman–Crippen MR) is 76.7 cm³/mol. The summed E-state index contributed by atoms with van der Waals surface area (Å²) in [4.78, 5) is 2.43. The summed E-state index contributed by atoms with van der Waals surface area (Å²) in [5, 5.41) is 13.3. The van der Waals surface area contributed by atoms with Crippen LogP contribution in [-0.4, -0.2) is 43.8 Å². The van der Waals surface area contributed by atoms with E-state index in [0.717, 1.165) is 30.9 Å². The molecule has 0 radical (unpaired) electrons. The summed E-state index contributed by atoms with van der Waals surface area (Å²) >= 11 is 0. The lowest BCUT2D eigenvalue weighted by Gasteiger charge is -2.25. The number of benzene rings is 1. The molecule has 2 atom stereocenters. The van der Waals surface area contributed by atoms with Crippen molar-refractivity contribution in [1.82, 2.24) is 10.2 Å². The van der Waals surface area contributed by atoms with E-state index in [-0.39, 0.29) is 6.04 Å². The Bertz CT molecular complexity index is 423. The van der Waals surface area contributed by atoms with E-state index in [1.165, 1.54) is 6.42 Å². The molecular formula is C15H24N2O2. The molecule has 1 aliphatic rings. The van der Waals surface area contributed by atoms with E-state index in [2.05, 4.69) is 17.1 Å². The van der Waals surface area contributed by atoms with Gasteiger partial charge in [-0.15, -0.1) is 0 Å². The van der Waals surface area contributed by atoms with Gasteiger partial charge >= 0.3 is 0 Å². The maximum atomic E-state index is 10.0. The lowest BCUT2D eigenvalue weighted by atomic mass is 10.1. The monoisotopic (exact) mass is 264 g/mol. The fraction of sp³-hybridized carbons (Fsp3) is 0.600. The van der Waals surface area contributed by atoms with E-state index in [0.29, 0.717) is 11.7 Å². The molecule has 0 aliphatic carbocycles. The molecule has 1 aromatic rings. The number of phenols is 1. The van der Waals surface area contributed by atoms with Crippen LogP contribution in [0.2, 0.25) is 0 Å². The van der Waals surface area contributed by atoms with Crippen LogP contribution in [0.3, 0.4) is 0 Å². The Hall–Kier alpha value is -1.26. The molecule has 2 rings (SSSR count). The highest BCUT2D eigenvalue weighted by atomic mass is 16.5. The summed E-state index contributed by atoms with van der Waals surface area (Å²) in [6.45, 7) is 5.38. The van der Waals surface area contributed by atoms with Crippen LogP contribution in [0.5, 0.6) is 11.5 Å². The number of nitrogens with zero attached hydrogens (tertiary/aromatic N) is 1. The molecule has 0 amide bonds. The molecule has 0 aromatic heterocycles. The van der Waals surface area contributed by atoms with Gasteiger partial charge in [0.2, 0.25) is 0 Å². The number of rotatable bonds is 5. The van der Waals surface area contributed by atoms with Gasteiger partial charge in [-0.2, -0.15) is 0 Å². The maximum Gasteiger partial charge on any atom is 0.120 e. The first-order valence-corrected chi connectivity index (χ1v) is 6.91. The second kappa shape index (κ2) is 6.26. The molecule has 1 saturated heterocycles. The standard InChI is InChI=1S/C15H24N2O2/c1-11(17-7-6-12(10-17)9-16-2)14-8-13(19-3)4-5-15(14)18/h4-5,8,11-12,16,18H,6-7,9-10H2,1-3H3. The number of likely N-dealkylation sites (tertiary alicyclic amines) is 1. The van der Waals surface area contributed by atoms with E-state index in [4.69, 9.17) is 4.74 Å². The van der Waals surface area contributed by atoms with Crippen LogP contribution < -0.4 is 10.1 Å². The molecule has 106 valence electrons. The third-order valence-electron chi connectivity index (χ3n) is 4.04. The predicted octanol–water partition coefficient (Wildman–Crippen LogP) is 2.00. The number of hydrogen-bond acceptors (Lipinski definition) is 4. The lowest BCUT2D eigenvalue weighted by Crippen LogP contribution is -2.27. The van der Waals surface area contributed by atoms with E-state index < -0.39 is 0 Å². The van der Waals surface area contributed by atoms with Crippen molar-refractivity contribution in [2.45, 2.75) is 19.4 Å². The van der Waals surface area contributed by atoms with E-state index >= 15 is 0 Å². The first-order valence-electron chi connectivity index (χ1n) is 6.91. The second-order valence-corrected chi connectivity index (χ2v) is 5.31. The first-order chi connectivity index (χ1) is 9.15. The van der Waals surface area contributed by atoms with Crippen molar-refractivity contribution in [3.05, 3.63) is 23.8 Å². The third kappa shape index (κ3) is 3.19. The number of aromatic hydroxyl groups is 1. The highest BCUT2D eigenvalue weighted by Gasteiger charge is 2.27. The minimum absolute atomic E-state index is 0.219. The largest absolute Gasteiger partial charge is 0.508 e. The van der Waals surface area contributed by atoms with Crippen molar-refractivity contribution in [2.24, 2.45) is 5.92 Å². The summed E-state index contributed by atoms with van der Waals surface area (Å²) in [5.74, 6) is 1.86. The molecule has 19 heavy (non-hydrogen) atoms. The number of nitrogens with one attached hydrogen (secondary N) is 1. The summed E-state index contributed by atoms with van der Waals surface area (Å²) in [6.07, 6.45) is 1.22. The molecule has 4 heteroatoms. The fourth-order valence-corrected chi connectivity index (χ4v) is 2.86. The normalized spacial score (nSPS) is 21.5. The zero-order valence-corrected chi connectivity index (χ0v) is 12.0. The molecule has 4 nitrogen and oxygen atoms in total.